The molecule has 102 valence electrons. The van der Waals surface area contributed by atoms with Crippen LogP contribution in [0.15, 0.2) is 24.5 Å². The molecule has 0 radical (unpaired) electrons. The second-order valence-electron chi connectivity index (χ2n) is 4.52. The van der Waals surface area contributed by atoms with E-state index in [0.29, 0.717) is 18.2 Å². The van der Waals surface area contributed by atoms with E-state index in [1.165, 1.54) is 0 Å². The van der Waals surface area contributed by atoms with Gasteiger partial charge in [-0.15, -0.1) is 0 Å². The zero-order valence-corrected chi connectivity index (χ0v) is 11.6. The maximum atomic E-state index is 5.73. The molecule has 0 unspecified atom stereocenters. The van der Waals surface area contributed by atoms with E-state index in [9.17, 15) is 0 Å². The van der Waals surface area contributed by atoms with Gasteiger partial charge in [-0.2, -0.15) is 0 Å². The van der Waals surface area contributed by atoms with Gasteiger partial charge in [0.15, 0.2) is 5.65 Å². The molecule has 0 atom stereocenters. The van der Waals surface area contributed by atoms with Crippen molar-refractivity contribution in [1.82, 2.24) is 15.0 Å². The lowest BCUT2D eigenvalue weighted by atomic mass is 10.1. The Kier molecular flexibility index (Phi) is 4.63. The molecule has 0 aliphatic carbocycles. The van der Waals surface area contributed by atoms with E-state index in [0.717, 1.165) is 30.7 Å². The van der Waals surface area contributed by atoms with Gasteiger partial charge in [0.05, 0.1) is 0 Å². The Hall–Kier alpha value is -1.75. The molecule has 0 aliphatic rings. The van der Waals surface area contributed by atoms with Gasteiger partial charge in [-0.05, 0) is 25.0 Å². The summed E-state index contributed by atoms with van der Waals surface area (Å²) in [7, 11) is 0. The number of fused-ring (bicyclic) bond motifs is 1. The van der Waals surface area contributed by atoms with E-state index in [1.54, 1.807) is 12.4 Å². The Balaban J connectivity index is 2.37. The fraction of sp³-hybridized carbons (Fsp3) is 0.500. The summed E-state index contributed by atoms with van der Waals surface area (Å²) in [6, 6.07) is 4.44. The van der Waals surface area contributed by atoms with Gasteiger partial charge in [0, 0.05) is 31.5 Å². The molecular weight excluding hydrogens is 238 g/mol. The molecule has 2 N–H and O–H groups in total. The first-order chi connectivity index (χ1) is 9.30. The molecular formula is C14H21N5. The minimum absolute atomic E-state index is 0.463. The summed E-state index contributed by atoms with van der Waals surface area (Å²) in [6.07, 6.45) is 5.51. The first-order valence-electron chi connectivity index (χ1n) is 6.84. The highest BCUT2D eigenvalue weighted by Gasteiger charge is 2.16. The molecule has 0 spiro atoms. The summed E-state index contributed by atoms with van der Waals surface area (Å²) >= 11 is 0. The fourth-order valence-electron chi connectivity index (χ4n) is 2.36. The van der Waals surface area contributed by atoms with Crippen molar-refractivity contribution in [2.75, 3.05) is 18.0 Å². The van der Waals surface area contributed by atoms with Crippen molar-refractivity contribution in [3.8, 4) is 0 Å². The second kappa shape index (κ2) is 6.43. The van der Waals surface area contributed by atoms with Crippen molar-refractivity contribution >= 4 is 17.0 Å². The number of hydrogen-bond donors (Lipinski definition) is 1. The summed E-state index contributed by atoms with van der Waals surface area (Å²) in [5, 5.41) is 0. The van der Waals surface area contributed by atoms with Gasteiger partial charge in [-0.1, -0.05) is 13.8 Å². The number of rotatable bonds is 6. The summed E-state index contributed by atoms with van der Waals surface area (Å²) in [4.78, 5) is 15.4. The van der Waals surface area contributed by atoms with Gasteiger partial charge < -0.3 is 10.6 Å². The van der Waals surface area contributed by atoms with Crippen LogP contribution in [-0.4, -0.2) is 34.1 Å². The summed E-state index contributed by atoms with van der Waals surface area (Å²) in [6.45, 7) is 5.82. The Bertz CT molecular complexity index is 524. The Morgan fingerprint density at radius 2 is 1.89 bits per heavy atom. The van der Waals surface area contributed by atoms with Crippen molar-refractivity contribution in [3.05, 3.63) is 24.5 Å². The average Bonchev–Trinajstić information content (AvgIpc) is 2.47. The first-order valence-corrected chi connectivity index (χ1v) is 6.84. The van der Waals surface area contributed by atoms with Gasteiger partial charge in [0.25, 0.3) is 0 Å². The zero-order chi connectivity index (χ0) is 13.7. The predicted octanol–water partition coefficient (Wildman–Crippen LogP) is 1.98. The van der Waals surface area contributed by atoms with Crippen LogP contribution >= 0.6 is 0 Å². The van der Waals surface area contributed by atoms with E-state index in [1.807, 2.05) is 12.1 Å². The molecule has 0 aliphatic heterocycles. The third-order valence-corrected chi connectivity index (χ3v) is 3.36. The number of aromatic nitrogens is 3. The average molecular weight is 259 g/mol. The lowest BCUT2D eigenvalue weighted by Gasteiger charge is -2.31. The molecule has 2 rings (SSSR count). The largest absolute Gasteiger partial charge is 0.352 e. The van der Waals surface area contributed by atoms with Gasteiger partial charge in [-0.25, -0.2) is 9.97 Å². The van der Waals surface area contributed by atoms with E-state index in [4.69, 9.17) is 5.73 Å². The molecule has 0 saturated carbocycles. The van der Waals surface area contributed by atoms with E-state index >= 15 is 0 Å². The Morgan fingerprint density at radius 3 is 2.58 bits per heavy atom. The number of hydrogen-bond acceptors (Lipinski definition) is 5. The molecule has 19 heavy (non-hydrogen) atoms. The monoisotopic (exact) mass is 259 g/mol. The van der Waals surface area contributed by atoms with Gasteiger partial charge in [0.1, 0.15) is 11.3 Å². The first kappa shape index (κ1) is 13.7. The smallest absolute Gasteiger partial charge is 0.180 e. The second-order valence-corrected chi connectivity index (χ2v) is 4.52. The highest BCUT2D eigenvalue weighted by molar-refractivity contribution is 5.71. The van der Waals surface area contributed by atoms with Crippen LogP contribution in [0.5, 0.6) is 0 Å². The van der Waals surface area contributed by atoms with Gasteiger partial charge in [-0.3, -0.25) is 4.98 Å². The van der Waals surface area contributed by atoms with Crippen LogP contribution in [-0.2, 0) is 0 Å². The van der Waals surface area contributed by atoms with Crippen LogP contribution in [0.1, 0.15) is 26.7 Å². The normalized spacial score (nSPS) is 11.2. The molecule has 0 saturated heterocycles. The molecule has 2 aromatic heterocycles. The van der Waals surface area contributed by atoms with Crippen LogP contribution < -0.4 is 10.6 Å². The Morgan fingerprint density at radius 1 is 1.16 bits per heavy atom. The number of nitrogens with two attached hydrogens (primary N) is 1. The molecule has 5 nitrogen and oxygen atoms in total. The zero-order valence-electron chi connectivity index (χ0n) is 11.6. The van der Waals surface area contributed by atoms with Crippen LogP contribution in [0.3, 0.4) is 0 Å². The SMILES string of the molecule is CCC(CC)N(CCN)c1ccc2nccnc2n1. The van der Waals surface area contributed by atoms with Gasteiger partial charge in [0.2, 0.25) is 0 Å². The standard InChI is InChI=1S/C14H21N5/c1-3-11(4-2)19(10-7-15)13-6-5-12-14(18-13)17-9-8-16-12/h5-6,8-9,11H,3-4,7,10,15H2,1-2H3. The third kappa shape index (κ3) is 2.98. The van der Waals surface area contributed by atoms with Crippen molar-refractivity contribution in [1.29, 1.82) is 0 Å². The number of anilines is 1. The quantitative estimate of drug-likeness (QED) is 0.859. The molecule has 0 amide bonds. The predicted molar refractivity (Wildman–Crippen MR) is 78.1 cm³/mol. The van der Waals surface area contributed by atoms with E-state index in [-0.39, 0.29) is 0 Å². The molecule has 2 aromatic rings. The van der Waals surface area contributed by atoms with Gasteiger partial charge >= 0.3 is 0 Å². The van der Waals surface area contributed by atoms with Crippen molar-refractivity contribution < 1.29 is 0 Å². The maximum Gasteiger partial charge on any atom is 0.180 e. The van der Waals surface area contributed by atoms with Crippen LogP contribution in [0.4, 0.5) is 5.82 Å². The highest BCUT2D eigenvalue weighted by Crippen LogP contribution is 2.19. The molecule has 2 heterocycles. The summed E-state index contributed by atoms with van der Waals surface area (Å²) in [5.74, 6) is 0.937. The van der Waals surface area contributed by atoms with Crippen molar-refractivity contribution in [3.63, 3.8) is 0 Å². The lowest BCUT2D eigenvalue weighted by Crippen LogP contribution is -2.38. The van der Waals surface area contributed by atoms with Crippen LogP contribution in [0, 0.1) is 0 Å². The minimum Gasteiger partial charge on any atom is -0.352 e. The summed E-state index contributed by atoms with van der Waals surface area (Å²) < 4.78 is 0. The number of pyridine rings is 1. The van der Waals surface area contributed by atoms with Crippen molar-refractivity contribution in [2.45, 2.75) is 32.7 Å². The molecule has 0 aromatic carbocycles. The third-order valence-electron chi connectivity index (χ3n) is 3.36. The topological polar surface area (TPSA) is 67.9 Å². The van der Waals surface area contributed by atoms with Crippen LogP contribution in [0.2, 0.25) is 0 Å². The maximum absolute atomic E-state index is 5.73. The molecule has 0 fully saturated rings. The van der Waals surface area contributed by atoms with Crippen molar-refractivity contribution in [2.24, 2.45) is 5.73 Å². The fourth-order valence-corrected chi connectivity index (χ4v) is 2.36. The van der Waals surface area contributed by atoms with E-state index < -0.39 is 0 Å². The number of nitrogens with zero attached hydrogens (tertiary/aromatic N) is 4. The Labute approximate surface area is 113 Å². The molecule has 0 bridgehead atoms. The minimum atomic E-state index is 0.463. The summed E-state index contributed by atoms with van der Waals surface area (Å²) in [5.41, 5.74) is 7.24. The highest BCUT2D eigenvalue weighted by atomic mass is 15.2. The lowest BCUT2D eigenvalue weighted by molar-refractivity contribution is 0.555. The molecule has 5 heteroatoms. The van der Waals surface area contributed by atoms with Crippen LogP contribution in [0.25, 0.3) is 11.2 Å². The van der Waals surface area contributed by atoms with E-state index in [2.05, 4.69) is 33.7 Å².